The second-order valence-electron chi connectivity index (χ2n) is 6.22. The molecule has 29 heavy (non-hydrogen) atoms. The molecule has 0 aliphatic heterocycles. The summed E-state index contributed by atoms with van der Waals surface area (Å²) < 4.78 is 13.8. The van der Waals surface area contributed by atoms with E-state index in [1.54, 1.807) is 0 Å². The summed E-state index contributed by atoms with van der Waals surface area (Å²) in [5.41, 5.74) is 3.99. The van der Waals surface area contributed by atoms with E-state index < -0.39 is 36.7 Å². The van der Waals surface area contributed by atoms with E-state index in [2.05, 4.69) is 9.47 Å². The maximum atomic E-state index is 12.0. The molecule has 0 saturated heterocycles. The minimum atomic E-state index is -1.97. The van der Waals surface area contributed by atoms with Gasteiger partial charge in [-0.2, -0.15) is 0 Å². The summed E-state index contributed by atoms with van der Waals surface area (Å²) in [5.74, 6) is -2.34. The Kier molecular flexibility index (Phi) is 5.89. The maximum absolute atomic E-state index is 12.0. The van der Waals surface area contributed by atoms with Crippen molar-refractivity contribution >= 4 is 24.2 Å². The van der Waals surface area contributed by atoms with Gasteiger partial charge in [0.15, 0.2) is 6.10 Å². The highest BCUT2D eigenvalue weighted by Crippen LogP contribution is 2.44. The fraction of sp³-hybridized carbons (Fsp3) is 0.200. The van der Waals surface area contributed by atoms with Crippen molar-refractivity contribution in [2.75, 3.05) is 6.61 Å². The molecular weight excluding hydrogens is 382 g/mol. The lowest BCUT2D eigenvalue weighted by Crippen LogP contribution is -2.34. The van der Waals surface area contributed by atoms with Crippen LogP contribution in [0.1, 0.15) is 23.5 Å². The van der Waals surface area contributed by atoms with Crippen LogP contribution in [0.15, 0.2) is 48.5 Å². The molecule has 0 spiro atoms. The van der Waals surface area contributed by atoms with Crippen molar-refractivity contribution in [2.24, 2.45) is 0 Å². The molecule has 0 saturated carbocycles. The topological polar surface area (TPSA) is 146 Å². The van der Waals surface area contributed by atoms with Crippen molar-refractivity contribution in [2.45, 2.75) is 18.4 Å². The van der Waals surface area contributed by atoms with Crippen LogP contribution in [0.4, 0.5) is 9.59 Å². The molecule has 0 amide bonds. The van der Waals surface area contributed by atoms with Crippen LogP contribution in [0.3, 0.4) is 0 Å². The smallest absolute Gasteiger partial charge is 0.501 e. The third-order valence-corrected chi connectivity index (χ3v) is 4.45. The average molecular weight is 398 g/mol. The molecule has 0 bridgehead atoms. The molecule has 1 aliphatic carbocycles. The third kappa shape index (κ3) is 4.58. The lowest BCUT2D eigenvalue weighted by Gasteiger charge is -2.20. The third-order valence-electron chi connectivity index (χ3n) is 4.45. The summed E-state index contributed by atoms with van der Waals surface area (Å²) in [6.07, 6.45) is -5.99. The number of nitrogens with one attached hydrogen (secondary N) is 1. The first-order chi connectivity index (χ1) is 13.9. The van der Waals surface area contributed by atoms with E-state index in [0.717, 1.165) is 22.3 Å². The zero-order chi connectivity index (χ0) is 21.0. The van der Waals surface area contributed by atoms with Gasteiger partial charge in [0.1, 0.15) is 5.90 Å². The molecular formula is C20H16NO8-. The Hall–Kier alpha value is -3.72. The lowest BCUT2D eigenvalue weighted by molar-refractivity contribution is -0.273. The molecule has 0 radical (unpaired) electrons. The zero-order valence-electron chi connectivity index (χ0n) is 15.0. The number of carboxylic acid groups (broad SMARTS) is 2. The van der Waals surface area contributed by atoms with E-state index in [1.165, 1.54) is 0 Å². The fourth-order valence-corrected chi connectivity index (χ4v) is 3.32. The highest BCUT2D eigenvalue weighted by Gasteiger charge is 2.31. The number of esters is 1. The maximum Gasteiger partial charge on any atom is 0.513 e. The Morgan fingerprint density at radius 2 is 1.55 bits per heavy atom. The van der Waals surface area contributed by atoms with Gasteiger partial charge in [-0.25, -0.2) is 9.59 Å². The monoisotopic (exact) mass is 398 g/mol. The first-order valence-electron chi connectivity index (χ1n) is 8.57. The standard InChI is InChI=1S/C20H17NO8/c21-17(28-19(23)24)9-16(18(22)29-20(25)26)27-10-15-13-7-3-1-5-11(13)12-6-2-4-8-14(12)15/h1-8,15-16,21H,9-10H2,(H,23,24)(H,25,26)/p-1. The summed E-state index contributed by atoms with van der Waals surface area (Å²) in [5, 5.41) is 26.6. The van der Waals surface area contributed by atoms with Crippen molar-refractivity contribution in [3.63, 3.8) is 0 Å². The van der Waals surface area contributed by atoms with Gasteiger partial charge in [-0.1, -0.05) is 48.5 Å². The van der Waals surface area contributed by atoms with Gasteiger partial charge in [-0.05, 0) is 22.3 Å². The number of carbonyl (C=O) groups is 3. The molecule has 1 atom stereocenters. The van der Waals surface area contributed by atoms with Gasteiger partial charge < -0.3 is 29.2 Å². The minimum Gasteiger partial charge on any atom is -0.501 e. The van der Waals surface area contributed by atoms with Crippen LogP contribution in [0.25, 0.3) is 11.1 Å². The van der Waals surface area contributed by atoms with Crippen LogP contribution in [-0.4, -0.2) is 42.0 Å². The van der Waals surface area contributed by atoms with Crippen LogP contribution >= 0.6 is 0 Å². The van der Waals surface area contributed by atoms with Crippen molar-refractivity contribution in [3.8, 4) is 11.1 Å². The largest absolute Gasteiger partial charge is 0.513 e. The average Bonchev–Trinajstić information content (AvgIpc) is 2.98. The molecule has 150 valence electrons. The van der Waals surface area contributed by atoms with E-state index >= 15 is 0 Å². The lowest BCUT2D eigenvalue weighted by atomic mass is 9.98. The van der Waals surface area contributed by atoms with E-state index in [1.807, 2.05) is 48.5 Å². The second-order valence-corrected chi connectivity index (χ2v) is 6.22. The Morgan fingerprint density at radius 1 is 1.00 bits per heavy atom. The van der Waals surface area contributed by atoms with Crippen molar-refractivity contribution < 1.29 is 38.8 Å². The fourth-order valence-electron chi connectivity index (χ4n) is 3.32. The molecule has 9 nitrogen and oxygen atoms in total. The van der Waals surface area contributed by atoms with Gasteiger partial charge in [0, 0.05) is 12.3 Å². The first kappa shape index (κ1) is 20.0. The van der Waals surface area contributed by atoms with Crippen LogP contribution in [0.5, 0.6) is 0 Å². The number of rotatable bonds is 6. The molecule has 0 heterocycles. The predicted molar refractivity (Wildman–Crippen MR) is 96.4 cm³/mol. The number of ether oxygens (including phenoxy) is 3. The molecule has 2 aromatic carbocycles. The summed E-state index contributed by atoms with van der Waals surface area (Å²) in [7, 11) is 0. The second kappa shape index (κ2) is 8.53. The molecule has 9 heteroatoms. The van der Waals surface area contributed by atoms with E-state index in [4.69, 9.17) is 15.3 Å². The van der Waals surface area contributed by atoms with Crippen LogP contribution in [0, 0.1) is 5.41 Å². The van der Waals surface area contributed by atoms with Gasteiger partial charge in [-0.15, -0.1) is 0 Å². The van der Waals surface area contributed by atoms with Crippen molar-refractivity contribution in [3.05, 3.63) is 59.7 Å². The molecule has 0 aromatic heterocycles. The molecule has 2 N–H and O–H groups in total. The van der Waals surface area contributed by atoms with Gasteiger partial charge in [-0.3, -0.25) is 5.41 Å². The zero-order valence-corrected chi connectivity index (χ0v) is 15.0. The van der Waals surface area contributed by atoms with Gasteiger partial charge in [0.25, 0.3) is 6.16 Å². The first-order valence-corrected chi connectivity index (χ1v) is 8.57. The molecule has 1 unspecified atom stereocenters. The quantitative estimate of drug-likeness (QED) is 0.326. The molecule has 0 fully saturated rings. The Morgan fingerprint density at radius 3 is 2.07 bits per heavy atom. The SMILES string of the molecule is N=C(CC(OCC1c2ccccc2-c2ccccc21)C(=O)OC(=O)O)OC(=O)[O-]. The van der Waals surface area contributed by atoms with E-state index in [0.29, 0.717) is 0 Å². The Labute approximate surface area is 165 Å². The highest BCUT2D eigenvalue weighted by molar-refractivity contribution is 5.90. The number of carbonyl (C=O) groups excluding carboxylic acids is 2. The molecule has 2 aromatic rings. The van der Waals surface area contributed by atoms with Gasteiger partial charge in [0.2, 0.25) is 0 Å². The van der Waals surface area contributed by atoms with E-state index in [-0.39, 0.29) is 12.5 Å². The van der Waals surface area contributed by atoms with Crippen LogP contribution < -0.4 is 5.11 Å². The van der Waals surface area contributed by atoms with Crippen molar-refractivity contribution in [1.82, 2.24) is 0 Å². The summed E-state index contributed by atoms with van der Waals surface area (Å²) in [4.78, 5) is 33.2. The number of fused-ring (bicyclic) bond motifs is 3. The summed E-state index contributed by atoms with van der Waals surface area (Å²) >= 11 is 0. The van der Waals surface area contributed by atoms with Gasteiger partial charge in [0.05, 0.1) is 6.61 Å². The molecule has 3 rings (SSSR count). The van der Waals surface area contributed by atoms with Crippen molar-refractivity contribution in [1.29, 1.82) is 5.41 Å². The summed E-state index contributed by atoms with van der Waals surface area (Å²) in [6, 6.07) is 15.3. The van der Waals surface area contributed by atoms with Crippen LogP contribution in [-0.2, 0) is 19.0 Å². The Balaban J connectivity index is 1.79. The van der Waals surface area contributed by atoms with Crippen LogP contribution in [0.2, 0.25) is 0 Å². The minimum absolute atomic E-state index is 0.0218. The predicted octanol–water partition coefficient (Wildman–Crippen LogP) is 2.13. The highest BCUT2D eigenvalue weighted by atomic mass is 16.7. The number of hydrogen-bond donors (Lipinski definition) is 2. The molecule has 1 aliphatic rings. The number of benzene rings is 2. The normalized spacial score (nSPS) is 13.1. The Bertz CT molecular complexity index is 925. The van der Waals surface area contributed by atoms with E-state index in [9.17, 15) is 19.5 Å². The van der Waals surface area contributed by atoms with Gasteiger partial charge >= 0.3 is 12.1 Å². The summed E-state index contributed by atoms with van der Waals surface area (Å²) in [6.45, 7) is -0.0218. The number of hydrogen-bond acceptors (Lipinski definition) is 8.